The average molecular weight is 206 g/mol. The van der Waals surface area contributed by atoms with E-state index in [9.17, 15) is 5.11 Å². The second kappa shape index (κ2) is 3.07. The third-order valence-corrected chi connectivity index (χ3v) is 3.54. The van der Waals surface area contributed by atoms with Crippen molar-refractivity contribution in [3.63, 3.8) is 0 Å². The summed E-state index contributed by atoms with van der Waals surface area (Å²) >= 11 is 1.73. The van der Waals surface area contributed by atoms with Crippen LogP contribution in [0.3, 0.4) is 0 Å². The van der Waals surface area contributed by atoms with Gasteiger partial charge in [0.1, 0.15) is 0 Å². The van der Waals surface area contributed by atoms with Gasteiger partial charge in [-0.3, -0.25) is 0 Å². The second-order valence-electron chi connectivity index (χ2n) is 4.19. The Kier molecular flexibility index (Phi) is 2.13. The first-order valence-corrected chi connectivity index (χ1v) is 5.57. The molecule has 2 heteroatoms. The van der Waals surface area contributed by atoms with E-state index in [-0.39, 0.29) is 0 Å². The predicted molar refractivity (Wildman–Crippen MR) is 61.8 cm³/mol. The van der Waals surface area contributed by atoms with E-state index in [1.54, 1.807) is 11.3 Å². The minimum Gasteiger partial charge on any atom is -0.386 e. The lowest BCUT2D eigenvalue weighted by Crippen LogP contribution is -2.14. The van der Waals surface area contributed by atoms with E-state index in [1.807, 2.05) is 19.9 Å². The lowest BCUT2D eigenvalue weighted by molar-refractivity contribution is 0.0787. The summed E-state index contributed by atoms with van der Waals surface area (Å²) < 4.78 is 1.25. The van der Waals surface area contributed by atoms with Gasteiger partial charge in [0, 0.05) is 4.70 Å². The summed E-state index contributed by atoms with van der Waals surface area (Å²) in [6, 6.07) is 6.17. The van der Waals surface area contributed by atoms with Crippen LogP contribution in [0.2, 0.25) is 0 Å². The molecule has 2 rings (SSSR count). The highest BCUT2D eigenvalue weighted by molar-refractivity contribution is 7.17. The van der Waals surface area contributed by atoms with Crippen molar-refractivity contribution >= 4 is 21.4 Å². The maximum absolute atomic E-state index is 9.86. The lowest BCUT2D eigenvalue weighted by Gasteiger charge is -2.17. The molecule has 0 aliphatic carbocycles. The molecular formula is C12H14OS. The highest BCUT2D eigenvalue weighted by atomic mass is 32.1. The molecule has 1 heterocycles. The molecule has 0 saturated carbocycles. The Balaban J connectivity index is 2.63. The molecule has 14 heavy (non-hydrogen) atoms. The van der Waals surface area contributed by atoms with Gasteiger partial charge in [-0.05, 0) is 48.7 Å². The van der Waals surface area contributed by atoms with Gasteiger partial charge in [0.25, 0.3) is 0 Å². The molecule has 0 bridgehead atoms. The molecule has 0 fully saturated rings. The summed E-state index contributed by atoms with van der Waals surface area (Å²) in [6.07, 6.45) is 0. The number of rotatable bonds is 1. The molecule has 2 aromatic rings. The first-order valence-electron chi connectivity index (χ1n) is 4.69. The molecule has 0 aliphatic rings. The van der Waals surface area contributed by atoms with Crippen LogP contribution in [0.25, 0.3) is 10.1 Å². The van der Waals surface area contributed by atoms with Crippen molar-refractivity contribution in [2.24, 2.45) is 0 Å². The standard InChI is InChI=1S/C12H14OS/c1-8-7-14-11-6-9(12(2,3)13)4-5-10(8)11/h4-7,13H,1-3H3. The van der Waals surface area contributed by atoms with E-state index >= 15 is 0 Å². The normalized spacial score (nSPS) is 12.3. The number of benzene rings is 1. The fourth-order valence-electron chi connectivity index (χ4n) is 1.54. The van der Waals surface area contributed by atoms with Gasteiger partial charge in [0.2, 0.25) is 0 Å². The summed E-state index contributed by atoms with van der Waals surface area (Å²) in [6.45, 7) is 5.74. The summed E-state index contributed by atoms with van der Waals surface area (Å²) in [5.74, 6) is 0. The van der Waals surface area contributed by atoms with E-state index in [1.165, 1.54) is 15.6 Å². The molecule has 0 aliphatic heterocycles. The maximum atomic E-state index is 9.86. The van der Waals surface area contributed by atoms with Crippen LogP contribution in [0.1, 0.15) is 25.0 Å². The highest BCUT2D eigenvalue weighted by Gasteiger charge is 2.16. The molecule has 0 radical (unpaired) electrons. The average Bonchev–Trinajstić information content (AvgIpc) is 2.46. The zero-order valence-electron chi connectivity index (χ0n) is 8.66. The van der Waals surface area contributed by atoms with Crippen molar-refractivity contribution in [2.45, 2.75) is 26.4 Å². The SMILES string of the molecule is Cc1csc2cc(C(C)(C)O)ccc12. The fraction of sp³-hybridized carbons (Fsp3) is 0.333. The molecule has 0 atom stereocenters. The van der Waals surface area contributed by atoms with Gasteiger partial charge in [-0.1, -0.05) is 12.1 Å². The van der Waals surface area contributed by atoms with E-state index in [4.69, 9.17) is 0 Å². The van der Waals surface area contributed by atoms with Crippen LogP contribution in [0.5, 0.6) is 0 Å². The topological polar surface area (TPSA) is 20.2 Å². The zero-order valence-corrected chi connectivity index (χ0v) is 9.48. The number of hydrogen-bond donors (Lipinski definition) is 1. The number of fused-ring (bicyclic) bond motifs is 1. The van der Waals surface area contributed by atoms with Crippen LogP contribution in [0.4, 0.5) is 0 Å². The second-order valence-corrected chi connectivity index (χ2v) is 5.10. The predicted octanol–water partition coefficient (Wildman–Crippen LogP) is 3.44. The fourth-order valence-corrected chi connectivity index (χ4v) is 2.52. The molecule has 0 amide bonds. The van der Waals surface area contributed by atoms with Gasteiger partial charge in [-0.2, -0.15) is 0 Å². The summed E-state index contributed by atoms with van der Waals surface area (Å²) in [7, 11) is 0. The van der Waals surface area contributed by atoms with Gasteiger partial charge in [-0.15, -0.1) is 11.3 Å². The first-order chi connectivity index (χ1) is 6.48. The Hall–Kier alpha value is -0.860. The molecule has 0 spiro atoms. The van der Waals surface area contributed by atoms with E-state index in [2.05, 4.69) is 24.4 Å². The van der Waals surface area contributed by atoms with Crippen molar-refractivity contribution < 1.29 is 5.11 Å². The molecule has 0 unspecified atom stereocenters. The smallest absolute Gasteiger partial charge is 0.0841 e. The van der Waals surface area contributed by atoms with E-state index in [0.717, 1.165) is 5.56 Å². The maximum Gasteiger partial charge on any atom is 0.0841 e. The van der Waals surface area contributed by atoms with Crippen molar-refractivity contribution in [3.8, 4) is 0 Å². The van der Waals surface area contributed by atoms with E-state index < -0.39 is 5.60 Å². The van der Waals surface area contributed by atoms with Crippen molar-refractivity contribution in [2.75, 3.05) is 0 Å². The van der Waals surface area contributed by atoms with Crippen LogP contribution >= 0.6 is 11.3 Å². The quantitative estimate of drug-likeness (QED) is 0.757. The number of aliphatic hydroxyl groups is 1. The van der Waals surface area contributed by atoms with Crippen LogP contribution in [-0.2, 0) is 5.60 Å². The molecule has 1 aromatic heterocycles. The molecule has 1 nitrogen and oxygen atoms in total. The Labute approximate surface area is 88.0 Å². The lowest BCUT2D eigenvalue weighted by atomic mass is 9.97. The van der Waals surface area contributed by atoms with Crippen LogP contribution in [-0.4, -0.2) is 5.11 Å². The molecule has 0 saturated heterocycles. The monoisotopic (exact) mass is 206 g/mol. The Morgan fingerprint density at radius 2 is 2.00 bits per heavy atom. The van der Waals surface area contributed by atoms with Crippen LogP contribution in [0.15, 0.2) is 23.6 Å². The van der Waals surface area contributed by atoms with E-state index in [0.29, 0.717) is 0 Å². The van der Waals surface area contributed by atoms with Gasteiger partial charge < -0.3 is 5.11 Å². The third-order valence-electron chi connectivity index (χ3n) is 2.48. The zero-order chi connectivity index (χ0) is 10.3. The van der Waals surface area contributed by atoms with Crippen molar-refractivity contribution in [1.29, 1.82) is 0 Å². The van der Waals surface area contributed by atoms with Gasteiger partial charge in [-0.25, -0.2) is 0 Å². The number of aryl methyl sites for hydroxylation is 1. The minimum atomic E-state index is -0.744. The number of hydrogen-bond acceptors (Lipinski definition) is 2. The third kappa shape index (κ3) is 1.56. The van der Waals surface area contributed by atoms with Crippen molar-refractivity contribution in [3.05, 3.63) is 34.7 Å². The molecular weight excluding hydrogens is 192 g/mol. The van der Waals surface area contributed by atoms with Crippen molar-refractivity contribution in [1.82, 2.24) is 0 Å². The highest BCUT2D eigenvalue weighted by Crippen LogP contribution is 2.29. The molecule has 1 aromatic carbocycles. The summed E-state index contributed by atoms with van der Waals surface area (Å²) in [5, 5.41) is 13.3. The van der Waals surface area contributed by atoms with Gasteiger partial charge >= 0.3 is 0 Å². The van der Waals surface area contributed by atoms with Crippen LogP contribution in [0, 0.1) is 6.92 Å². The van der Waals surface area contributed by atoms with Gasteiger partial charge in [0.15, 0.2) is 0 Å². The summed E-state index contributed by atoms with van der Waals surface area (Å²) in [5.41, 5.74) is 1.55. The Bertz CT molecular complexity index is 463. The Morgan fingerprint density at radius 1 is 1.29 bits per heavy atom. The number of thiophene rings is 1. The largest absolute Gasteiger partial charge is 0.386 e. The first kappa shape index (κ1) is 9.69. The summed E-state index contributed by atoms with van der Waals surface area (Å²) in [4.78, 5) is 0. The Morgan fingerprint density at radius 3 is 2.64 bits per heavy atom. The molecule has 1 N–H and O–H groups in total. The minimum absolute atomic E-state index is 0.744. The van der Waals surface area contributed by atoms with Crippen LogP contribution < -0.4 is 0 Å². The molecule has 74 valence electrons. The van der Waals surface area contributed by atoms with Gasteiger partial charge in [0.05, 0.1) is 5.60 Å².